The summed E-state index contributed by atoms with van der Waals surface area (Å²) in [6.07, 6.45) is -0.591. The van der Waals surface area contributed by atoms with Crippen LogP contribution in [0.4, 0.5) is 5.69 Å². The third-order valence-corrected chi connectivity index (χ3v) is 1.96. The van der Waals surface area contributed by atoms with E-state index in [9.17, 15) is 5.11 Å². The van der Waals surface area contributed by atoms with E-state index in [4.69, 9.17) is 5.73 Å². The molecule has 0 saturated heterocycles. The van der Waals surface area contributed by atoms with Crippen LogP contribution in [0.3, 0.4) is 0 Å². The van der Waals surface area contributed by atoms with E-state index >= 15 is 0 Å². The average Bonchev–Trinajstić information content (AvgIpc) is 2.49. The number of benzene rings is 1. The van der Waals surface area contributed by atoms with Gasteiger partial charge in [0.05, 0.1) is 11.2 Å². The summed E-state index contributed by atoms with van der Waals surface area (Å²) < 4.78 is 0. The number of aliphatic hydroxyl groups is 1. The van der Waals surface area contributed by atoms with Gasteiger partial charge in [-0.2, -0.15) is 0 Å². The van der Waals surface area contributed by atoms with Crippen molar-refractivity contribution in [2.24, 2.45) is 0 Å². The first-order chi connectivity index (χ1) is 6.18. The topological polar surface area (TPSA) is 74.9 Å². The number of nitrogens with one attached hydrogen (secondary N) is 1. The fraction of sp³-hybridized carbons (Fsp3) is 0.222. The van der Waals surface area contributed by atoms with Crippen molar-refractivity contribution < 1.29 is 5.11 Å². The summed E-state index contributed by atoms with van der Waals surface area (Å²) in [5.74, 6) is 0.549. The average molecular weight is 177 g/mol. The monoisotopic (exact) mass is 177 g/mol. The number of hydrogen-bond donors (Lipinski definition) is 3. The Morgan fingerprint density at radius 2 is 2.31 bits per heavy atom. The summed E-state index contributed by atoms with van der Waals surface area (Å²) in [4.78, 5) is 7.18. The van der Waals surface area contributed by atoms with Gasteiger partial charge in [-0.15, -0.1) is 0 Å². The van der Waals surface area contributed by atoms with Crippen LogP contribution in [0.5, 0.6) is 0 Å². The minimum atomic E-state index is -0.591. The number of nitrogen functional groups attached to an aromatic ring is 1. The highest BCUT2D eigenvalue weighted by atomic mass is 16.3. The molecule has 2 rings (SSSR count). The molecule has 0 fully saturated rings. The minimum Gasteiger partial charge on any atom is -0.397 e. The Morgan fingerprint density at radius 3 is 2.92 bits per heavy atom. The van der Waals surface area contributed by atoms with Gasteiger partial charge in [-0.1, -0.05) is 6.07 Å². The van der Waals surface area contributed by atoms with E-state index in [2.05, 4.69) is 9.97 Å². The number of H-pyrrole nitrogens is 1. The summed E-state index contributed by atoms with van der Waals surface area (Å²) in [5.41, 5.74) is 7.91. The molecule has 1 atom stereocenters. The second kappa shape index (κ2) is 2.74. The second-order valence-electron chi connectivity index (χ2n) is 3.04. The Hall–Kier alpha value is -1.55. The van der Waals surface area contributed by atoms with Gasteiger partial charge in [-0.25, -0.2) is 4.98 Å². The highest BCUT2D eigenvalue weighted by Gasteiger charge is 2.08. The largest absolute Gasteiger partial charge is 0.397 e. The van der Waals surface area contributed by atoms with Crippen molar-refractivity contribution in [3.8, 4) is 0 Å². The van der Waals surface area contributed by atoms with Crippen molar-refractivity contribution in [3.05, 3.63) is 24.0 Å². The molecule has 0 unspecified atom stereocenters. The minimum absolute atomic E-state index is 0.549. The molecule has 1 aromatic heterocycles. The molecule has 4 nitrogen and oxygen atoms in total. The van der Waals surface area contributed by atoms with Crippen LogP contribution in [0.15, 0.2) is 18.2 Å². The van der Waals surface area contributed by atoms with E-state index in [0.29, 0.717) is 11.5 Å². The third kappa shape index (κ3) is 1.25. The molecule has 1 aromatic carbocycles. The summed E-state index contributed by atoms with van der Waals surface area (Å²) in [7, 11) is 0. The van der Waals surface area contributed by atoms with Crippen molar-refractivity contribution in [2.45, 2.75) is 13.0 Å². The normalized spacial score (nSPS) is 13.4. The first-order valence-electron chi connectivity index (χ1n) is 4.10. The molecular formula is C9H11N3O. The first-order valence-corrected chi connectivity index (χ1v) is 4.10. The number of nitrogens with zero attached hydrogens (tertiary/aromatic N) is 1. The number of para-hydroxylation sites is 1. The zero-order chi connectivity index (χ0) is 9.42. The zero-order valence-electron chi connectivity index (χ0n) is 7.28. The van der Waals surface area contributed by atoms with Crippen LogP contribution in [0.1, 0.15) is 18.9 Å². The van der Waals surface area contributed by atoms with E-state index in [1.807, 2.05) is 12.1 Å². The number of fused-ring (bicyclic) bond motifs is 1. The summed E-state index contributed by atoms with van der Waals surface area (Å²) in [6, 6.07) is 5.52. The van der Waals surface area contributed by atoms with Crippen LogP contribution in [0, 0.1) is 0 Å². The van der Waals surface area contributed by atoms with Crippen LogP contribution in [-0.2, 0) is 0 Å². The molecule has 0 saturated carbocycles. The van der Waals surface area contributed by atoms with Crippen LogP contribution in [-0.4, -0.2) is 15.1 Å². The molecule has 0 spiro atoms. The molecule has 0 amide bonds. The number of aromatic amines is 1. The molecule has 0 radical (unpaired) electrons. The van der Waals surface area contributed by atoms with E-state index in [0.717, 1.165) is 11.0 Å². The van der Waals surface area contributed by atoms with Crippen LogP contribution >= 0.6 is 0 Å². The lowest BCUT2D eigenvalue weighted by atomic mass is 10.3. The van der Waals surface area contributed by atoms with Gasteiger partial charge < -0.3 is 15.8 Å². The Balaban J connectivity index is 2.68. The van der Waals surface area contributed by atoms with Gasteiger partial charge in [0.1, 0.15) is 17.4 Å². The third-order valence-electron chi connectivity index (χ3n) is 1.96. The predicted octanol–water partition coefficient (Wildman–Crippen LogP) is 1.20. The molecule has 1 heterocycles. The van der Waals surface area contributed by atoms with E-state index in [1.54, 1.807) is 13.0 Å². The lowest BCUT2D eigenvalue weighted by molar-refractivity contribution is 0.190. The van der Waals surface area contributed by atoms with Gasteiger partial charge in [-0.05, 0) is 19.1 Å². The van der Waals surface area contributed by atoms with Gasteiger partial charge in [0.2, 0.25) is 0 Å². The molecule has 2 aromatic rings. The Morgan fingerprint density at radius 1 is 1.54 bits per heavy atom. The summed E-state index contributed by atoms with van der Waals surface area (Å²) >= 11 is 0. The molecule has 0 aliphatic carbocycles. The van der Waals surface area contributed by atoms with Crippen molar-refractivity contribution >= 4 is 16.7 Å². The number of anilines is 1. The SMILES string of the molecule is C[C@H](O)c1nc2c(N)cccc2[nH]1. The number of hydrogen-bond acceptors (Lipinski definition) is 3. The standard InChI is InChI=1S/C9H11N3O/c1-5(13)9-11-7-4-2-3-6(10)8(7)12-9/h2-5,13H,10H2,1H3,(H,11,12)/t5-/m0/s1. The number of rotatable bonds is 1. The molecule has 68 valence electrons. The molecule has 4 heteroatoms. The second-order valence-corrected chi connectivity index (χ2v) is 3.04. The molecule has 0 aliphatic rings. The Kier molecular flexibility index (Phi) is 1.70. The molecule has 13 heavy (non-hydrogen) atoms. The number of nitrogens with two attached hydrogens (primary N) is 1. The molecule has 0 bridgehead atoms. The van der Waals surface area contributed by atoms with Crippen LogP contribution in [0.25, 0.3) is 11.0 Å². The quantitative estimate of drug-likeness (QED) is 0.573. The van der Waals surface area contributed by atoms with E-state index < -0.39 is 6.10 Å². The molecule has 0 aliphatic heterocycles. The highest BCUT2D eigenvalue weighted by molar-refractivity contribution is 5.86. The van der Waals surface area contributed by atoms with Gasteiger partial charge in [0.15, 0.2) is 0 Å². The Labute approximate surface area is 75.4 Å². The summed E-state index contributed by atoms with van der Waals surface area (Å²) in [6.45, 7) is 1.66. The molecular weight excluding hydrogens is 166 g/mol. The van der Waals surface area contributed by atoms with Gasteiger partial charge >= 0.3 is 0 Å². The van der Waals surface area contributed by atoms with Crippen molar-refractivity contribution in [3.63, 3.8) is 0 Å². The van der Waals surface area contributed by atoms with Crippen molar-refractivity contribution in [2.75, 3.05) is 5.73 Å². The highest BCUT2D eigenvalue weighted by Crippen LogP contribution is 2.20. The van der Waals surface area contributed by atoms with Crippen molar-refractivity contribution in [1.82, 2.24) is 9.97 Å². The van der Waals surface area contributed by atoms with Gasteiger partial charge in [0, 0.05) is 0 Å². The molecule has 4 N–H and O–H groups in total. The lowest BCUT2D eigenvalue weighted by Crippen LogP contribution is -1.92. The number of aromatic nitrogens is 2. The Bertz CT molecular complexity index is 433. The number of aliphatic hydroxyl groups excluding tert-OH is 1. The van der Waals surface area contributed by atoms with Crippen molar-refractivity contribution in [1.29, 1.82) is 0 Å². The summed E-state index contributed by atoms with van der Waals surface area (Å²) in [5, 5.41) is 9.28. The van der Waals surface area contributed by atoms with Gasteiger partial charge in [-0.3, -0.25) is 0 Å². The maximum atomic E-state index is 9.28. The first kappa shape index (κ1) is 8.07. The van der Waals surface area contributed by atoms with E-state index in [1.165, 1.54) is 0 Å². The maximum absolute atomic E-state index is 9.28. The zero-order valence-corrected chi connectivity index (χ0v) is 7.28. The lowest BCUT2D eigenvalue weighted by Gasteiger charge is -1.95. The smallest absolute Gasteiger partial charge is 0.136 e. The number of imidazole rings is 1. The fourth-order valence-corrected chi connectivity index (χ4v) is 1.27. The fourth-order valence-electron chi connectivity index (χ4n) is 1.27. The maximum Gasteiger partial charge on any atom is 0.136 e. The predicted molar refractivity (Wildman–Crippen MR) is 51.1 cm³/mol. The van der Waals surface area contributed by atoms with Gasteiger partial charge in [0.25, 0.3) is 0 Å². The van der Waals surface area contributed by atoms with E-state index in [-0.39, 0.29) is 0 Å². The van der Waals surface area contributed by atoms with Crippen LogP contribution in [0.2, 0.25) is 0 Å². The van der Waals surface area contributed by atoms with Crippen LogP contribution < -0.4 is 5.73 Å².